The molecule has 1 aromatic rings. The SMILES string of the molecule is C=N/C(=C\C(=C)OC)COc1ccc(F)c(C(C)C)c1. The van der Waals surface area contributed by atoms with Crippen molar-refractivity contribution in [2.24, 2.45) is 4.99 Å². The van der Waals surface area contributed by atoms with Crippen LogP contribution in [0.4, 0.5) is 4.39 Å². The summed E-state index contributed by atoms with van der Waals surface area (Å²) in [7, 11) is 1.52. The smallest absolute Gasteiger partial charge is 0.130 e. The molecule has 1 aromatic carbocycles. The van der Waals surface area contributed by atoms with E-state index in [4.69, 9.17) is 9.47 Å². The van der Waals surface area contributed by atoms with Crippen molar-refractivity contribution in [3.63, 3.8) is 0 Å². The molecule has 0 aliphatic heterocycles. The minimum absolute atomic E-state index is 0.0966. The van der Waals surface area contributed by atoms with Crippen LogP contribution < -0.4 is 4.74 Å². The molecular formula is C16H20FNO2. The molecule has 0 fully saturated rings. The van der Waals surface area contributed by atoms with E-state index in [1.165, 1.54) is 13.2 Å². The van der Waals surface area contributed by atoms with E-state index in [0.717, 1.165) is 0 Å². The van der Waals surface area contributed by atoms with Crippen LogP contribution >= 0.6 is 0 Å². The maximum Gasteiger partial charge on any atom is 0.130 e. The van der Waals surface area contributed by atoms with Gasteiger partial charge in [0, 0.05) is 6.08 Å². The predicted octanol–water partition coefficient (Wildman–Crippen LogP) is 4.07. The molecule has 0 N–H and O–H groups in total. The van der Waals surface area contributed by atoms with Crippen LogP contribution in [0.1, 0.15) is 25.3 Å². The zero-order valence-corrected chi connectivity index (χ0v) is 12.1. The first-order chi connectivity index (χ1) is 9.47. The lowest BCUT2D eigenvalue weighted by Crippen LogP contribution is -2.02. The average molecular weight is 277 g/mol. The molecule has 0 saturated heterocycles. The third-order valence-corrected chi connectivity index (χ3v) is 2.77. The Kier molecular flexibility index (Phi) is 5.97. The van der Waals surface area contributed by atoms with Gasteiger partial charge < -0.3 is 9.47 Å². The Bertz CT molecular complexity index is 521. The third-order valence-electron chi connectivity index (χ3n) is 2.77. The number of ether oxygens (including phenoxy) is 2. The number of hydrogen-bond donors (Lipinski definition) is 0. The number of aliphatic imine (C=N–C) groups is 1. The molecule has 20 heavy (non-hydrogen) atoms. The molecule has 0 atom stereocenters. The van der Waals surface area contributed by atoms with Gasteiger partial charge in [0.1, 0.15) is 23.9 Å². The molecule has 3 nitrogen and oxygen atoms in total. The molecule has 0 saturated carbocycles. The highest BCUT2D eigenvalue weighted by atomic mass is 19.1. The van der Waals surface area contributed by atoms with E-state index in [0.29, 0.717) is 22.8 Å². The second kappa shape index (κ2) is 7.48. The molecule has 0 aliphatic carbocycles. The van der Waals surface area contributed by atoms with Gasteiger partial charge in [0.15, 0.2) is 0 Å². The lowest BCUT2D eigenvalue weighted by atomic mass is 10.0. The zero-order valence-electron chi connectivity index (χ0n) is 12.1. The van der Waals surface area contributed by atoms with E-state index >= 15 is 0 Å². The van der Waals surface area contributed by atoms with E-state index in [2.05, 4.69) is 18.3 Å². The number of nitrogens with zero attached hydrogens (tertiary/aromatic N) is 1. The summed E-state index contributed by atoms with van der Waals surface area (Å²) in [6, 6.07) is 4.70. The minimum Gasteiger partial charge on any atom is -0.497 e. The summed E-state index contributed by atoms with van der Waals surface area (Å²) in [6.45, 7) is 11.2. The van der Waals surface area contributed by atoms with Gasteiger partial charge in [-0.25, -0.2) is 4.39 Å². The molecule has 0 bridgehead atoms. The van der Waals surface area contributed by atoms with Crippen LogP contribution in [0, 0.1) is 5.82 Å². The van der Waals surface area contributed by atoms with Crippen LogP contribution in [0.3, 0.4) is 0 Å². The van der Waals surface area contributed by atoms with Gasteiger partial charge in [-0.1, -0.05) is 20.4 Å². The summed E-state index contributed by atoms with van der Waals surface area (Å²) in [5, 5.41) is 0. The van der Waals surface area contributed by atoms with Crippen molar-refractivity contribution in [3.8, 4) is 5.75 Å². The summed E-state index contributed by atoms with van der Waals surface area (Å²) in [5.74, 6) is 0.933. The fourth-order valence-electron chi connectivity index (χ4n) is 1.59. The van der Waals surface area contributed by atoms with Crippen molar-refractivity contribution < 1.29 is 13.9 Å². The minimum atomic E-state index is -0.224. The number of hydrogen-bond acceptors (Lipinski definition) is 3. The van der Waals surface area contributed by atoms with Crippen LogP contribution in [-0.2, 0) is 4.74 Å². The van der Waals surface area contributed by atoms with E-state index in [1.54, 1.807) is 18.2 Å². The highest BCUT2D eigenvalue weighted by molar-refractivity contribution is 5.34. The molecule has 0 aliphatic rings. The Balaban J connectivity index is 2.79. The summed E-state index contributed by atoms with van der Waals surface area (Å²) >= 11 is 0. The fourth-order valence-corrected chi connectivity index (χ4v) is 1.59. The molecule has 0 heterocycles. The molecule has 0 amide bonds. The molecule has 0 aromatic heterocycles. The standard InChI is InChI=1S/C16H20FNO2/c1-11(2)15-9-14(6-7-16(15)17)20-10-13(18-4)8-12(3)19-5/h6-9,11H,3-4,10H2,1-2,5H3/b13-8-. The van der Waals surface area contributed by atoms with Crippen LogP contribution in [0.5, 0.6) is 5.75 Å². The fraction of sp³-hybridized carbons (Fsp3) is 0.312. The molecule has 0 radical (unpaired) electrons. The first-order valence-electron chi connectivity index (χ1n) is 6.30. The van der Waals surface area contributed by atoms with Crippen LogP contribution in [0.2, 0.25) is 0 Å². The summed E-state index contributed by atoms with van der Waals surface area (Å²) in [5.41, 5.74) is 1.22. The predicted molar refractivity (Wildman–Crippen MR) is 79.8 cm³/mol. The van der Waals surface area contributed by atoms with Gasteiger partial charge in [-0.2, -0.15) is 0 Å². The molecule has 0 spiro atoms. The monoisotopic (exact) mass is 277 g/mol. The highest BCUT2D eigenvalue weighted by Gasteiger charge is 2.08. The highest BCUT2D eigenvalue weighted by Crippen LogP contribution is 2.24. The number of allylic oxidation sites excluding steroid dienone is 1. The van der Waals surface area contributed by atoms with Crippen LogP contribution in [0.25, 0.3) is 0 Å². The van der Waals surface area contributed by atoms with Crippen molar-refractivity contribution >= 4 is 6.72 Å². The molecule has 108 valence electrons. The summed E-state index contributed by atoms with van der Waals surface area (Å²) < 4.78 is 24.1. The third kappa shape index (κ3) is 4.53. The first kappa shape index (κ1) is 16.0. The van der Waals surface area contributed by atoms with Crippen molar-refractivity contribution in [1.29, 1.82) is 0 Å². The van der Waals surface area contributed by atoms with Gasteiger partial charge in [0.2, 0.25) is 0 Å². The van der Waals surface area contributed by atoms with Crippen molar-refractivity contribution in [2.75, 3.05) is 13.7 Å². The number of halogens is 1. The Labute approximate surface area is 119 Å². The Morgan fingerprint density at radius 3 is 2.70 bits per heavy atom. The number of rotatable bonds is 7. The number of methoxy groups -OCH3 is 1. The average Bonchev–Trinajstić information content (AvgIpc) is 2.44. The largest absolute Gasteiger partial charge is 0.497 e. The lowest BCUT2D eigenvalue weighted by Gasteiger charge is -2.11. The van der Waals surface area contributed by atoms with E-state index in [-0.39, 0.29) is 18.3 Å². The van der Waals surface area contributed by atoms with E-state index < -0.39 is 0 Å². The van der Waals surface area contributed by atoms with Crippen molar-refractivity contribution in [2.45, 2.75) is 19.8 Å². The maximum absolute atomic E-state index is 13.6. The quantitative estimate of drug-likeness (QED) is 0.427. The maximum atomic E-state index is 13.6. The van der Waals surface area contributed by atoms with Crippen molar-refractivity contribution in [1.82, 2.24) is 0 Å². The van der Waals surface area contributed by atoms with Crippen LogP contribution in [-0.4, -0.2) is 20.4 Å². The Morgan fingerprint density at radius 2 is 2.15 bits per heavy atom. The number of benzene rings is 1. The van der Waals surface area contributed by atoms with Gasteiger partial charge in [-0.3, -0.25) is 4.99 Å². The topological polar surface area (TPSA) is 30.8 Å². The second-order valence-electron chi connectivity index (χ2n) is 4.59. The van der Waals surface area contributed by atoms with E-state index in [9.17, 15) is 4.39 Å². The zero-order chi connectivity index (χ0) is 15.1. The molecular weight excluding hydrogens is 257 g/mol. The Hall–Kier alpha value is -2.10. The lowest BCUT2D eigenvalue weighted by molar-refractivity contribution is 0.305. The summed E-state index contributed by atoms with van der Waals surface area (Å²) in [4.78, 5) is 3.84. The van der Waals surface area contributed by atoms with Gasteiger partial charge in [-0.05, 0) is 36.4 Å². The molecule has 4 heteroatoms. The van der Waals surface area contributed by atoms with Gasteiger partial charge >= 0.3 is 0 Å². The molecule has 1 rings (SSSR count). The molecule has 0 unspecified atom stereocenters. The van der Waals surface area contributed by atoms with Gasteiger partial charge in [-0.15, -0.1) is 0 Å². The van der Waals surface area contributed by atoms with Crippen molar-refractivity contribution in [3.05, 3.63) is 53.7 Å². The van der Waals surface area contributed by atoms with Crippen LogP contribution in [0.15, 0.2) is 47.3 Å². The normalized spacial score (nSPS) is 11.3. The van der Waals surface area contributed by atoms with Gasteiger partial charge in [0.05, 0.1) is 12.8 Å². The summed E-state index contributed by atoms with van der Waals surface area (Å²) in [6.07, 6.45) is 1.64. The van der Waals surface area contributed by atoms with Gasteiger partial charge in [0.25, 0.3) is 0 Å². The Morgan fingerprint density at radius 1 is 1.45 bits per heavy atom. The second-order valence-corrected chi connectivity index (χ2v) is 4.59. The first-order valence-corrected chi connectivity index (χ1v) is 6.30. The van der Waals surface area contributed by atoms with E-state index in [1.807, 2.05) is 13.8 Å².